The molecule has 0 aliphatic carbocycles. The van der Waals surface area contributed by atoms with E-state index in [9.17, 15) is 0 Å². The number of aromatic amines is 1. The van der Waals surface area contributed by atoms with Crippen molar-refractivity contribution in [1.29, 1.82) is 0 Å². The molecular formula is C16H20N2S. The number of allylic oxidation sites excluding steroid dienone is 1. The lowest BCUT2D eigenvalue weighted by Gasteiger charge is -1.95. The molecule has 1 N–H and O–H groups in total. The average Bonchev–Trinajstić information content (AvgIpc) is 2.84. The SMILES string of the molecule is C=C/C=c1/[nH]c(Sc2ccccc2)n/c1=C/C.CC. The minimum Gasteiger partial charge on any atom is -0.333 e. The van der Waals surface area contributed by atoms with E-state index in [-0.39, 0.29) is 0 Å². The van der Waals surface area contributed by atoms with Gasteiger partial charge in [-0.25, -0.2) is 4.98 Å². The molecule has 3 heteroatoms. The lowest BCUT2D eigenvalue weighted by atomic mass is 10.4. The largest absolute Gasteiger partial charge is 0.333 e. The summed E-state index contributed by atoms with van der Waals surface area (Å²) in [5, 5.41) is 2.86. The van der Waals surface area contributed by atoms with Gasteiger partial charge in [0, 0.05) is 4.90 Å². The maximum atomic E-state index is 4.52. The molecule has 2 nitrogen and oxygen atoms in total. The average molecular weight is 272 g/mol. The number of benzene rings is 1. The Hall–Kier alpha value is -1.74. The van der Waals surface area contributed by atoms with Gasteiger partial charge in [0.15, 0.2) is 5.16 Å². The highest BCUT2D eigenvalue weighted by molar-refractivity contribution is 7.99. The molecule has 2 aromatic rings. The molecule has 19 heavy (non-hydrogen) atoms. The Morgan fingerprint density at radius 2 is 1.89 bits per heavy atom. The van der Waals surface area contributed by atoms with E-state index >= 15 is 0 Å². The molecule has 0 saturated carbocycles. The Bertz CT molecular complexity index is 612. The van der Waals surface area contributed by atoms with Gasteiger partial charge in [-0.2, -0.15) is 0 Å². The monoisotopic (exact) mass is 272 g/mol. The number of hydrogen-bond donors (Lipinski definition) is 1. The number of aromatic nitrogens is 2. The third-order valence-corrected chi connectivity index (χ3v) is 3.15. The van der Waals surface area contributed by atoms with Crippen LogP contribution in [0, 0.1) is 0 Å². The molecule has 0 saturated heterocycles. The van der Waals surface area contributed by atoms with E-state index in [0.717, 1.165) is 15.9 Å². The van der Waals surface area contributed by atoms with Crippen LogP contribution in [0.5, 0.6) is 0 Å². The Labute approximate surface area is 119 Å². The van der Waals surface area contributed by atoms with Crippen molar-refractivity contribution in [2.75, 3.05) is 0 Å². The number of hydrogen-bond acceptors (Lipinski definition) is 2. The highest BCUT2D eigenvalue weighted by atomic mass is 32.2. The Balaban J connectivity index is 0.000000861. The minimum absolute atomic E-state index is 0.900. The summed E-state index contributed by atoms with van der Waals surface area (Å²) < 4.78 is 0. The van der Waals surface area contributed by atoms with Gasteiger partial charge in [-0.1, -0.05) is 62.5 Å². The summed E-state index contributed by atoms with van der Waals surface area (Å²) in [5.74, 6) is 0. The Morgan fingerprint density at radius 1 is 1.21 bits per heavy atom. The molecule has 0 aliphatic rings. The van der Waals surface area contributed by atoms with Crippen LogP contribution in [0.25, 0.3) is 12.2 Å². The number of H-pyrrole nitrogens is 1. The van der Waals surface area contributed by atoms with Crippen LogP contribution >= 0.6 is 11.8 Å². The van der Waals surface area contributed by atoms with E-state index < -0.39 is 0 Å². The normalized spacial score (nSPS) is 11.9. The summed E-state index contributed by atoms with van der Waals surface area (Å²) in [6.45, 7) is 9.68. The Kier molecular flexibility index (Phi) is 6.75. The first-order valence-corrected chi connectivity index (χ1v) is 7.23. The zero-order valence-electron chi connectivity index (χ0n) is 11.7. The van der Waals surface area contributed by atoms with Gasteiger partial charge >= 0.3 is 0 Å². The molecule has 0 aliphatic heterocycles. The van der Waals surface area contributed by atoms with Crippen molar-refractivity contribution in [2.45, 2.75) is 30.8 Å². The van der Waals surface area contributed by atoms with Crippen LogP contribution < -0.4 is 10.7 Å². The van der Waals surface area contributed by atoms with Crippen molar-refractivity contribution >= 4 is 23.9 Å². The van der Waals surface area contributed by atoms with Crippen molar-refractivity contribution < 1.29 is 0 Å². The fourth-order valence-corrected chi connectivity index (χ4v) is 2.31. The van der Waals surface area contributed by atoms with E-state index in [1.807, 2.05) is 51.1 Å². The van der Waals surface area contributed by atoms with Crippen LogP contribution in [0.15, 0.2) is 53.0 Å². The predicted octanol–water partition coefficient (Wildman–Crippen LogP) is 3.35. The van der Waals surface area contributed by atoms with Gasteiger partial charge in [0.2, 0.25) is 0 Å². The number of nitrogens with zero attached hydrogens (tertiary/aromatic N) is 1. The summed E-state index contributed by atoms with van der Waals surface area (Å²) in [6.07, 6.45) is 5.68. The smallest absolute Gasteiger partial charge is 0.171 e. The molecule has 0 amide bonds. The zero-order valence-corrected chi connectivity index (χ0v) is 12.5. The first-order chi connectivity index (χ1) is 9.33. The molecule has 0 unspecified atom stereocenters. The van der Waals surface area contributed by atoms with Crippen molar-refractivity contribution in [2.24, 2.45) is 0 Å². The molecule has 0 fully saturated rings. The molecule has 100 valence electrons. The number of imidazole rings is 1. The van der Waals surface area contributed by atoms with Crippen LogP contribution in [-0.2, 0) is 0 Å². The topological polar surface area (TPSA) is 28.7 Å². The predicted molar refractivity (Wildman–Crippen MR) is 84.6 cm³/mol. The van der Waals surface area contributed by atoms with Crippen LogP contribution in [-0.4, -0.2) is 9.97 Å². The third-order valence-electron chi connectivity index (χ3n) is 2.26. The van der Waals surface area contributed by atoms with Gasteiger partial charge in [0.25, 0.3) is 0 Å². The molecule has 0 atom stereocenters. The maximum Gasteiger partial charge on any atom is 0.171 e. The summed E-state index contributed by atoms with van der Waals surface area (Å²) in [6, 6.07) is 10.2. The second-order valence-corrected chi connectivity index (χ2v) is 4.51. The molecule has 0 spiro atoms. The van der Waals surface area contributed by atoms with Crippen molar-refractivity contribution in [3.05, 3.63) is 53.7 Å². The Morgan fingerprint density at radius 3 is 2.47 bits per heavy atom. The van der Waals surface area contributed by atoms with E-state index in [0.29, 0.717) is 0 Å². The van der Waals surface area contributed by atoms with E-state index in [1.165, 1.54) is 4.90 Å². The summed E-state index contributed by atoms with van der Waals surface area (Å²) in [5.41, 5.74) is 0. The lowest BCUT2D eigenvalue weighted by molar-refractivity contribution is 1.04. The standard InChI is InChI=1S/C14H14N2S.C2H6/c1-3-8-13-12(4-2)15-14(16-13)17-11-9-6-5-7-10-11;1-2/h3-10H,1H2,2H3,(H,15,16);1-2H3/b12-4+,13-8+;. The molecular weight excluding hydrogens is 252 g/mol. The lowest BCUT2D eigenvalue weighted by Crippen LogP contribution is -2.23. The second-order valence-electron chi connectivity index (χ2n) is 3.45. The molecule has 1 aromatic carbocycles. The molecule has 0 bridgehead atoms. The van der Waals surface area contributed by atoms with Gasteiger partial charge in [0.1, 0.15) is 0 Å². The van der Waals surface area contributed by atoms with E-state index in [2.05, 4.69) is 28.7 Å². The molecule has 1 heterocycles. The van der Waals surface area contributed by atoms with E-state index in [4.69, 9.17) is 0 Å². The van der Waals surface area contributed by atoms with Gasteiger partial charge < -0.3 is 4.98 Å². The fraction of sp³-hybridized carbons (Fsp3) is 0.188. The second kappa shape index (κ2) is 8.38. The van der Waals surface area contributed by atoms with Gasteiger partial charge in [-0.05, 0) is 25.1 Å². The van der Waals surface area contributed by atoms with Gasteiger partial charge in [-0.15, -0.1) is 0 Å². The van der Waals surface area contributed by atoms with Gasteiger partial charge in [0.05, 0.1) is 10.7 Å². The van der Waals surface area contributed by atoms with Crippen LogP contribution in [0.4, 0.5) is 0 Å². The summed E-state index contributed by atoms with van der Waals surface area (Å²) in [4.78, 5) is 8.97. The van der Waals surface area contributed by atoms with Crippen LogP contribution in [0.2, 0.25) is 0 Å². The van der Waals surface area contributed by atoms with Crippen molar-refractivity contribution in [3.8, 4) is 0 Å². The third kappa shape index (κ3) is 4.45. The highest BCUT2D eigenvalue weighted by Gasteiger charge is 2.00. The van der Waals surface area contributed by atoms with Crippen molar-refractivity contribution in [3.63, 3.8) is 0 Å². The summed E-state index contributed by atoms with van der Waals surface area (Å²) >= 11 is 1.62. The molecule has 1 aromatic heterocycles. The first kappa shape index (κ1) is 15.3. The van der Waals surface area contributed by atoms with Crippen LogP contribution in [0.3, 0.4) is 0 Å². The van der Waals surface area contributed by atoms with Crippen LogP contribution in [0.1, 0.15) is 20.8 Å². The zero-order chi connectivity index (χ0) is 14.1. The summed E-state index contributed by atoms with van der Waals surface area (Å²) in [7, 11) is 0. The van der Waals surface area contributed by atoms with E-state index in [1.54, 1.807) is 17.8 Å². The molecule has 0 radical (unpaired) electrons. The quantitative estimate of drug-likeness (QED) is 0.928. The number of nitrogens with one attached hydrogen (secondary N) is 1. The number of rotatable bonds is 3. The first-order valence-electron chi connectivity index (χ1n) is 6.41. The maximum absolute atomic E-state index is 4.52. The highest BCUT2D eigenvalue weighted by Crippen LogP contribution is 2.22. The fourth-order valence-electron chi connectivity index (χ4n) is 1.49. The van der Waals surface area contributed by atoms with Gasteiger partial charge in [-0.3, -0.25) is 0 Å². The minimum atomic E-state index is 0.900. The molecule has 2 rings (SSSR count). The van der Waals surface area contributed by atoms with Crippen molar-refractivity contribution in [1.82, 2.24) is 9.97 Å².